The second-order valence-electron chi connectivity index (χ2n) is 4.15. The van der Waals surface area contributed by atoms with Crippen LogP contribution < -0.4 is 4.73 Å². The van der Waals surface area contributed by atoms with Crippen LogP contribution in [-0.4, -0.2) is 4.98 Å². The van der Waals surface area contributed by atoms with Gasteiger partial charge in [-0.15, -0.1) is 11.3 Å². The zero-order chi connectivity index (χ0) is 14.3. The topological polar surface area (TPSA) is 39.8 Å². The molecule has 0 aliphatic heterocycles. The van der Waals surface area contributed by atoms with Gasteiger partial charge in [-0.25, -0.2) is 4.98 Å². The summed E-state index contributed by atoms with van der Waals surface area (Å²) in [5.41, 5.74) is 0.145. The van der Waals surface area contributed by atoms with Gasteiger partial charge in [0.1, 0.15) is 10.5 Å². The summed E-state index contributed by atoms with van der Waals surface area (Å²) in [6.45, 7) is 0. The number of rotatable bonds is 1. The van der Waals surface area contributed by atoms with Crippen molar-refractivity contribution < 1.29 is 17.9 Å². The van der Waals surface area contributed by atoms with Crippen LogP contribution in [0.5, 0.6) is 0 Å². The molecule has 0 atom stereocenters. The summed E-state index contributed by atoms with van der Waals surface area (Å²) < 4.78 is 39.4. The van der Waals surface area contributed by atoms with E-state index in [1.165, 1.54) is 29.8 Å². The maximum Gasteiger partial charge on any atom is 0.416 e. The van der Waals surface area contributed by atoms with Crippen LogP contribution in [0.15, 0.2) is 42.7 Å². The summed E-state index contributed by atoms with van der Waals surface area (Å²) in [4.78, 5) is 4.20. The SMILES string of the molecule is [O-][n+]1ccc2sc(-c3cccc(C(F)(F)F)c3)nc2c1. The molecule has 102 valence electrons. The van der Waals surface area contributed by atoms with Crippen molar-refractivity contribution in [3.8, 4) is 10.6 Å². The van der Waals surface area contributed by atoms with Crippen molar-refractivity contribution in [2.45, 2.75) is 6.18 Å². The molecule has 3 aromatic rings. The minimum Gasteiger partial charge on any atom is -0.619 e. The first kappa shape index (κ1) is 12.9. The van der Waals surface area contributed by atoms with Crippen LogP contribution >= 0.6 is 11.3 Å². The molecule has 0 fully saturated rings. The van der Waals surface area contributed by atoms with Crippen LogP contribution in [-0.2, 0) is 6.18 Å². The van der Waals surface area contributed by atoms with Gasteiger partial charge in [-0.3, -0.25) is 0 Å². The number of halogens is 3. The van der Waals surface area contributed by atoms with Crippen molar-refractivity contribution in [1.29, 1.82) is 0 Å². The molecular weight excluding hydrogens is 289 g/mol. The number of nitrogens with zero attached hydrogens (tertiary/aromatic N) is 2. The van der Waals surface area contributed by atoms with Gasteiger partial charge in [-0.1, -0.05) is 12.1 Å². The highest BCUT2D eigenvalue weighted by Gasteiger charge is 2.30. The summed E-state index contributed by atoms with van der Waals surface area (Å²) in [5.74, 6) is 0. The summed E-state index contributed by atoms with van der Waals surface area (Å²) in [6, 6.07) is 6.58. The molecule has 0 N–H and O–H groups in total. The van der Waals surface area contributed by atoms with Gasteiger partial charge < -0.3 is 5.21 Å². The van der Waals surface area contributed by atoms with Crippen LogP contribution in [0.1, 0.15) is 5.56 Å². The van der Waals surface area contributed by atoms with E-state index in [1.807, 2.05) is 0 Å². The molecule has 0 radical (unpaired) electrons. The first-order valence-electron chi connectivity index (χ1n) is 5.60. The standard InChI is InChI=1S/C13H7F3N2OS/c14-13(15,16)9-3-1-2-8(6-9)12-17-10-7-18(19)5-4-11(10)20-12/h1-7H. The van der Waals surface area contributed by atoms with Crippen LogP contribution in [0.3, 0.4) is 0 Å². The molecule has 0 unspecified atom stereocenters. The van der Waals surface area contributed by atoms with Gasteiger partial charge in [-0.05, 0) is 12.1 Å². The van der Waals surface area contributed by atoms with E-state index in [0.29, 0.717) is 20.8 Å². The Morgan fingerprint density at radius 3 is 2.75 bits per heavy atom. The number of pyridine rings is 1. The Morgan fingerprint density at radius 2 is 2.00 bits per heavy atom. The Bertz CT molecular complexity index is 783. The first-order chi connectivity index (χ1) is 9.43. The van der Waals surface area contributed by atoms with Gasteiger partial charge in [0.05, 0.1) is 10.3 Å². The molecule has 2 heterocycles. The zero-order valence-corrected chi connectivity index (χ0v) is 10.7. The smallest absolute Gasteiger partial charge is 0.416 e. The number of hydrogen-bond acceptors (Lipinski definition) is 3. The summed E-state index contributed by atoms with van der Waals surface area (Å²) in [7, 11) is 0. The van der Waals surface area contributed by atoms with Crippen molar-refractivity contribution in [3.63, 3.8) is 0 Å². The fourth-order valence-electron chi connectivity index (χ4n) is 1.81. The third-order valence-electron chi connectivity index (χ3n) is 2.74. The van der Waals surface area contributed by atoms with E-state index < -0.39 is 11.7 Å². The third-order valence-corrected chi connectivity index (χ3v) is 3.83. The molecular formula is C13H7F3N2OS. The fraction of sp³-hybridized carbons (Fsp3) is 0.0769. The molecule has 0 saturated heterocycles. The average Bonchev–Trinajstić information content (AvgIpc) is 2.81. The largest absolute Gasteiger partial charge is 0.619 e. The van der Waals surface area contributed by atoms with Gasteiger partial charge >= 0.3 is 6.18 Å². The summed E-state index contributed by atoms with van der Waals surface area (Å²) >= 11 is 1.25. The number of benzene rings is 1. The Hall–Kier alpha value is -2.15. The molecule has 0 aliphatic carbocycles. The number of thiazole rings is 1. The maximum absolute atomic E-state index is 12.7. The van der Waals surface area contributed by atoms with Crippen LogP contribution in [0, 0.1) is 5.21 Å². The molecule has 2 aromatic heterocycles. The lowest BCUT2D eigenvalue weighted by atomic mass is 10.1. The highest BCUT2D eigenvalue weighted by atomic mass is 32.1. The van der Waals surface area contributed by atoms with Crippen molar-refractivity contribution in [3.05, 3.63) is 53.5 Å². The maximum atomic E-state index is 12.7. The molecule has 0 bridgehead atoms. The lowest BCUT2D eigenvalue weighted by Crippen LogP contribution is -2.23. The first-order valence-corrected chi connectivity index (χ1v) is 6.42. The quantitative estimate of drug-likeness (QED) is 0.508. The number of hydrogen-bond donors (Lipinski definition) is 0. The Morgan fingerprint density at radius 1 is 1.20 bits per heavy atom. The van der Waals surface area contributed by atoms with Gasteiger partial charge in [0.15, 0.2) is 6.20 Å². The predicted molar refractivity (Wildman–Crippen MR) is 69.0 cm³/mol. The number of aromatic nitrogens is 2. The van der Waals surface area contributed by atoms with E-state index in [0.717, 1.165) is 16.8 Å². The molecule has 20 heavy (non-hydrogen) atoms. The fourth-order valence-corrected chi connectivity index (χ4v) is 2.74. The Balaban J connectivity index is 2.11. The average molecular weight is 296 g/mol. The molecule has 1 aromatic carbocycles. The van der Waals surface area contributed by atoms with Crippen molar-refractivity contribution in [2.24, 2.45) is 0 Å². The minimum absolute atomic E-state index is 0.387. The zero-order valence-electron chi connectivity index (χ0n) is 9.89. The van der Waals surface area contributed by atoms with Crippen LogP contribution in [0.25, 0.3) is 20.8 Å². The molecule has 3 rings (SSSR count). The normalized spacial score (nSPS) is 11.9. The molecule has 7 heteroatoms. The molecule has 0 saturated carbocycles. The minimum atomic E-state index is -4.38. The van der Waals surface area contributed by atoms with E-state index in [9.17, 15) is 18.4 Å². The monoisotopic (exact) mass is 296 g/mol. The molecule has 0 amide bonds. The number of alkyl halides is 3. The Labute approximate surface area is 115 Å². The van der Waals surface area contributed by atoms with Gasteiger partial charge in [-0.2, -0.15) is 17.9 Å². The second kappa shape index (κ2) is 4.45. The van der Waals surface area contributed by atoms with Crippen molar-refractivity contribution >= 4 is 21.6 Å². The summed E-state index contributed by atoms with van der Waals surface area (Å²) in [6.07, 6.45) is -1.76. The lowest BCUT2D eigenvalue weighted by Gasteiger charge is -2.07. The van der Waals surface area contributed by atoms with Gasteiger partial charge in [0, 0.05) is 11.6 Å². The molecule has 3 nitrogen and oxygen atoms in total. The van der Waals surface area contributed by atoms with Crippen LogP contribution in [0.2, 0.25) is 0 Å². The van der Waals surface area contributed by atoms with Gasteiger partial charge in [0.25, 0.3) is 0 Å². The Kier molecular flexibility index (Phi) is 2.86. The van der Waals surface area contributed by atoms with Crippen molar-refractivity contribution in [1.82, 2.24) is 4.98 Å². The third kappa shape index (κ3) is 2.32. The summed E-state index contributed by atoms with van der Waals surface area (Å²) in [5, 5.41) is 11.6. The lowest BCUT2D eigenvalue weighted by molar-refractivity contribution is -0.603. The molecule has 0 spiro atoms. The van der Waals surface area contributed by atoms with Crippen LogP contribution in [0.4, 0.5) is 13.2 Å². The number of fused-ring (bicyclic) bond motifs is 1. The van der Waals surface area contributed by atoms with E-state index in [-0.39, 0.29) is 0 Å². The van der Waals surface area contributed by atoms with E-state index in [4.69, 9.17) is 0 Å². The van der Waals surface area contributed by atoms with Gasteiger partial charge in [0.2, 0.25) is 6.20 Å². The van der Waals surface area contributed by atoms with Crippen molar-refractivity contribution in [2.75, 3.05) is 0 Å². The second-order valence-corrected chi connectivity index (χ2v) is 5.18. The highest BCUT2D eigenvalue weighted by Crippen LogP contribution is 2.34. The highest BCUT2D eigenvalue weighted by molar-refractivity contribution is 7.21. The molecule has 0 aliphatic rings. The van der Waals surface area contributed by atoms with E-state index in [1.54, 1.807) is 12.1 Å². The predicted octanol–water partition coefficient (Wildman–Crippen LogP) is 3.62. The van der Waals surface area contributed by atoms with E-state index >= 15 is 0 Å². The van der Waals surface area contributed by atoms with E-state index in [2.05, 4.69) is 4.98 Å².